The van der Waals surface area contributed by atoms with Crippen LogP contribution in [-0.2, 0) is 14.8 Å². The fourth-order valence-corrected chi connectivity index (χ4v) is 5.44. The van der Waals surface area contributed by atoms with Gasteiger partial charge in [-0.1, -0.05) is 12.1 Å². The molecule has 0 bridgehead atoms. The molecule has 11 heteroatoms. The molecule has 3 atom stereocenters. The molecule has 2 fully saturated rings. The summed E-state index contributed by atoms with van der Waals surface area (Å²) in [4.78, 5) is 27.7. The highest BCUT2D eigenvalue weighted by atomic mass is 32.2. The molecule has 2 aromatic carbocycles. The molecule has 2 N–H and O–H groups in total. The first-order chi connectivity index (χ1) is 18.1. The van der Waals surface area contributed by atoms with Gasteiger partial charge in [-0.25, -0.2) is 17.1 Å². The lowest BCUT2D eigenvalue weighted by Crippen LogP contribution is -2.56. The van der Waals surface area contributed by atoms with Gasteiger partial charge < -0.3 is 15.5 Å². The minimum absolute atomic E-state index is 0.0693. The zero-order chi connectivity index (χ0) is 27.4. The Kier molecular flexibility index (Phi) is 8.45. The van der Waals surface area contributed by atoms with Crippen LogP contribution in [0.4, 0.5) is 4.39 Å². The van der Waals surface area contributed by atoms with E-state index < -0.39 is 22.0 Å². The standard InChI is InChI=1S/C27H32FN5O4S/c1-32(2)38(36,37)22-11-7-20(8-12-22)26(34)31-24(27(35)33-16-18(15-29)17-33)4-3-13-30-25-14-23(25)19-5-9-21(28)10-6-19/h5-12,18,23-25,30H,3-4,13-14,16-17H2,1-2H3,(H,31,34)/t23-,24-,25+/m0/s1. The maximum Gasteiger partial charge on any atom is 0.251 e. The van der Waals surface area contributed by atoms with Gasteiger partial charge in [0.25, 0.3) is 5.91 Å². The summed E-state index contributed by atoms with van der Waals surface area (Å²) >= 11 is 0. The molecule has 202 valence electrons. The summed E-state index contributed by atoms with van der Waals surface area (Å²) in [6.45, 7) is 1.34. The van der Waals surface area contributed by atoms with Gasteiger partial charge in [0, 0.05) is 44.7 Å². The first kappa shape index (κ1) is 27.7. The van der Waals surface area contributed by atoms with Crippen LogP contribution in [0.5, 0.6) is 0 Å². The van der Waals surface area contributed by atoms with Gasteiger partial charge in [0.1, 0.15) is 11.9 Å². The predicted octanol–water partition coefficient (Wildman–Crippen LogP) is 2.08. The number of benzene rings is 2. The number of carbonyl (C=O) groups is 2. The van der Waals surface area contributed by atoms with Crippen LogP contribution < -0.4 is 10.6 Å². The number of carbonyl (C=O) groups excluding carboxylic acids is 2. The van der Waals surface area contributed by atoms with E-state index in [4.69, 9.17) is 5.26 Å². The Morgan fingerprint density at radius 1 is 1.13 bits per heavy atom. The molecule has 1 saturated carbocycles. The molecular weight excluding hydrogens is 509 g/mol. The molecule has 1 aliphatic heterocycles. The molecule has 0 unspecified atom stereocenters. The van der Waals surface area contributed by atoms with Crippen molar-refractivity contribution >= 4 is 21.8 Å². The van der Waals surface area contributed by atoms with Gasteiger partial charge >= 0.3 is 0 Å². The van der Waals surface area contributed by atoms with Crippen LogP contribution >= 0.6 is 0 Å². The Bertz CT molecular complexity index is 1300. The Morgan fingerprint density at radius 2 is 1.79 bits per heavy atom. The topological polar surface area (TPSA) is 123 Å². The molecule has 1 saturated heterocycles. The largest absolute Gasteiger partial charge is 0.340 e. The molecular formula is C27H32FN5O4S. The minimum atomic E-state index is -3.62. The van der Waals surface area contributed by atoms with Crippen LogP contribution in [0.3, 0.4) is 0 Å². The van der Waals surface area contributed by atoms with E-state index in [9.17, 15) is 22.4 Å². The molecule has 0 aromatic heterocycles. The van der Waals surface area contributed by atoms with Gasteiger partial charge in [-0.15, -0.1) is 0 Å². The molecule has 0 spiro atoms. The zero-order valence-electron chi connectivity index (χ0n) is 21.4. The van der Waals surface area contributed by atoms with Crippen molar-refractivity contribution in [2.75, 3.05) is 33.7 Å². The van der Waals surface area contributed by atoms with Crippen molar-refractivity contribution in [3.8, 4) is 6.07 Å². The first-order valence-corrected chi connectivity index (χ1v) is 14.0. The van der Waals surface area contributed by atoms with Gasteiger partial charge in [-0.2, -0.15) is 5.26 Å². The van der Waals surface area contributed by atoms with Crippen LogP contribution in [0.15, 0.2) is 53.4 Å². The van der Waals surface area contributed by atoms with E-state index in [-0.39, 0.29) is 28.1 Å². The average molecular weight is 542 g/mol. The van der Waals surface area contributed by atoms with Gasteiger partial charge in [0.15, 0.2) is 0 Å². The lowest BCUT2D eigenvalue weighted by atomic mass is 9.99. The van der Waals surface area contributed by atoms with Crippen molar-refractivity contribution in [2.24, 2.45) is 5.92 Å². The highest BCUT2D eigenvalue weighted by Crippen LogP contribution is 2.40. The van der Waals surface area contributed by atoms with Gasteiger partial charge in [-0.3, -0.25) is 9.59 Å². The Hall–Kier alpha value is -3.33. The molecule has 4 rings (SSSR count). The van der Waals surface area contributed by atoms with Gasteiger partial charge in [0.05, 0.1) is 16.9 Å². The third-order valence-electron chi connectivity index (χ3n) is 7.04. The van der Waals surface area contributed by atoms with Gasteiger partial charge in [0.2, 0.25) is 15.9 Å². The highest BCUT2D eigenvalue weighted by Gasteiger charge is 2.38. The number of halogens is 1. The van der Waals surface area contributed by atoms with E-state index in [1.54, 1.807) is 17.0 Å². The smallest absolute Gasteiger partial charge is 0.251 e. The molecule has 2 aromatic rings. The molecule has 1 heterocycles. The molecule has 2 amide bonds. The number of hydrogen-bond acceptors (Lipinski definition) is 6. The predicted molar refractivity (Wildman–Crippen MR) is 139 cm³/mol. The third kappa shape index (κ3) is 6.38. The zero-order valence-corrected chi connectivity index (χ0v) is 22.2. The minimum Gasteiger partial charge on any atom is -0.340 e. The van der Waals surface area contributed by atoms with Crippen LogP contribution in [0.1, 0.15) is 41.1 Å². The van der Waals surface area contributed by atoms with E-state index in [0.717, 1.165) is 16.3 Å². The number of nitrogens with zero attached hydrogens (tertiary/aromatic N) is 3. The molecule has 2 aliphatic rings. The summed E-state index contributed by atoms with van der Waals surface area (Å²) in [6.07, 6.45) is 2.01. The fraction of sp³-hybridized carbons (Fsp3) is 0.444. The fourth-order valence-electron chi connectivity index (χ4n) is 4.54. The lowest BCUT2D eigenvalue weighted by molar-refractivity contribution is -0.138. The second-order valence-corrected chi connectivity index (χ2v) is 12.2. The van der Waals surface area contributed by atoms with Crippen molar-refractivity contribution in [2.45, 2.75) is 42.2 Å². The van der Waals surface area contributed by atoms with E-state index >= 15 is 0 Å². The highest BCUT2D eigenvalue weighted by molar-refractivity contribution is 7.89. The Balaban J connectivity index is 1.33. The van der Waals surface area contributed by atoms with Crippen molar-refractivity contribution in [3.05, 3.63) is 65.5 Å². The summed E-state index contributed by atoms with van der Waals surface area (Å²) < 4.78 is 38.8. The van der Waals surface area contributed by atoms with Crippen LogP contribution in [0.2, 0.25) is 0 Å². The van der Waals surface area contributed by atoms with Crippen molar-refractivity contribution in [1.82, 2.24) is 19.8 Å². The van der Waals surface area contributed by atoms with E-state index in [2.05, 4.69) is 16.7 Å². The average Bonchev–Trinajstić information content (AvgIpc) is 3.65. The Morgan fingerprint density at radius 3 is 2.39 bits per heavy atom. The quantitative estimate of drug-likeness (QED) is 0.420. The number of hydrogen-bond donors (Lipinski definition) is 2. The second kappa shape index (κ2) is 11.6. The maximum atomic E-state index is 13.2. The van der Waals surface area contributed by atoms with Crippen molar-refractivity contribution < 1.29 is 22.4 Å². The van der Waals surface area contributed by atoms with E-state index in [1.165, 1.54) is 50.5 Å². The van der Waals surface area contributed by atoms with Gasteiger partial charge in [-0.05, 0) is 67.8 Å². The van der Waals surface area contributed by atoms with Crippen LogP contribution in [0, 0.1) is 23.1 Å². The number of nitrogens with one attached hydrogen (secondary N) is 2. The summed E-state index contributed by atoms with van der Waals surface area (Å²) in [6, 6.07) is 13.8. The van der Waals surface area contributed by atoms with E-state index in [1.807, 2.05) is 0 Å². The van der Waals surface area contributed by atoms with Crippen molar-refractivity contribution in [3.63, 3.8) is 0 Å². The summed E-state index contributed by atoms with van der Waals surface area (Å²) in [5.41, 5.74) is 1.34. The maximum absolute atomic E-state index is 13.2. The normalized spacial score (nSPS) is 19.9. The molecule has 1 aliphatic carbocycles. The van der Waals surface area contributed by atoms with Crippen LogP contribution in [0.25, 0.3) is 0 Å². The third-order valence-corrected chi connectivity index (χ3v) is 8.87. The molecule has 38 heavy (non-hydrogen) atoms. The Labute approximate surface area is 222 Å². The summed E-state index contributed by atoms with van der Waals surface area (Å²) in [5, 5.41) is 15.3. The van der Waals surface area contributed by atoms with Crippen LogP contribution in [-0.4, -0.2) is 75.3 Å². The first-order valence-electron chi connectivity index (χ1n) is 12.6. The monoisotopic (exact) mass is 541 g/mol. The number of sulfonamides is 1. The number of rotatable bonds is 11. The van der Waals surface area contributed by atoms with E-state index in [0.29, 0.717) is 44.4 Å². The summed E-state index contributed by atoms with van der Waals surface area (Å²) in [5.74, 6) is -0.805. The lowest BCUT2D eigenvalue weighted by Gasteiger charge is -2.37. The number of likely N-dealkylation sites (tertiary alicyclic amines) is 1. The number of nitriles is 1. The summed E-state index contributed by atoms with van der Waals surface area (Å²) in [7, 11) is -0.760. The molecule has 9 nitrogen and oxygen atoms in total. The van der Waals surface area contributed by atoms with Crippen molar-refractivity contribution in [1.29, 1.82) is 5.26 Å². The molecule has 0 radical (unpaired) electrons. The SMILES string of the molecule is CN(C)S(=O)(=O)c1ccc(C(=O)N[C@@H](CCCN[C@@H]2C[C@H]2c2ccc(F)cc2)C(=O)N2CC(C#N)C2)cc1. The number of amides is 2. The second-order valence-electron chi connectivity index (χ2n) is 10.0.